The molecule has 48 heavy (non-hydrogen) atoms. The van der Waals surface area contributed by atoms with Crippen molar-refractivity contribution in [2.75, 3.05) is 75.5 Å². The van der Waals surface area contributed by atoms with Gasteiger partial charge in [-0.1, -0.05) is 12.6 Å². The molecular formula is C34H39N10O3P. The van der Waals surface area contributed by atoms with Crippen LogP contribution in [0.1, 0.15) is 0 Å². The van der Waals surface area contributed by atoms with Crippen molar-refractivity contribution in [2.45, 2.75) is 0 Å². The van der Waals surface area contributed by atoms with Gasteiger partial charge in [0.2, 0.25) is 11.9 Å². The largest absolute Gasteiger partial charge is 0.494 e. The van der Waals surface area contributed by atoms with Crippen molar-refractivity contribution in [3.63, 3.8) is 0 Å². The molecule has 0 radical (unpaired) electrons. The van der Waals surface area contributed by atoms with E-state index in [0.29, 0.717) is 57.1 Å². The highest BCUT2D eigenvalue weighted by molar-refractivity contribution is 7.71. The molecule has 3 N–H and O–H groups in total. The van der Waals surface area contributed by atoms with Gasteiger partial charge >= 0.3 is 0 Å². The van der Waals surface area contributed by atoms with Crippen LogP contribution in [0.25, 0.3) is 22.2 Å². The van der Waals surface area contributed by atoms with E-state index in [-0.39, 0.29) is 11.9 Å². The van der Waals surface area contributed by atoms with Crippen molar-refractivity contribution in [1.82, 2.24) is 29.8 Å². The van der Waals surface area contributed by atoms with Gasteiger partial charge in [-0.2, -0.15) is 4.98 Å². The summed E-state index contributed by atoms with van der Waals surface area (Å²) in [6.45, 7) is 8.51. The lowest BCUT2D eigenvalue weighted by atomic mass is 10.1. The van der Waals surface area contributed by atoms with Crippen molar-refractivity contribution in [1.29, 1.82) is 0 Å². The fourth-order valence-electron chi connectivity index (χ4n) is 5.09. The van der Waals surface area contributed by atoms with Crippen LogP contribution >= 0.6 is 7.14 Å². The first-order chi connectivity index (χ1) is 23.0. The highest BCUT2D eigenvalue weighted by Crippen LogP contribution is 2.42. The van der Waals surface area contributed by atoms with E-state index < -0.39 is 7.14 Å². The van der Waals surface area contributed by atoms with Crippen LogP contribution in [0.5, 0.6) is 5.75 Å². The molecule has 1 amide bonds. The second-order valence-electron chi connectivity index (χ2n) is 11.7. The van der Waals surface area contributed by atoms with E-state index in [1.807, 2.05) is 56.4 Å². The third-order valence-corrected chi connectivity index (χ3v) is 9.00. The van der Waals surface area contributed by atoms with Crippen LogP contribution in [0.2, 0.25) is 0 Å². The van der Waals surface area contributed by atoms with E-state index in [4.69, 9.17) is 9.72 Å². The predicted molar refractivity (Wildman–Crippen MR) is 194 cm³/mol. The van der Waals surface area contributed by atoms with Gasteiger partial charge < -0.3 is 35.1 Å². The van der Waals surface area contributed by atoms with Crippen molar-refractivity contribution in [3.05, 3.63) is 80.0 Å². The standard InChI is InChI=1S/C34H39N10O3P/c1-8-30(45)39-26-18-27(29(47-5)19-28(26)44(4)17-16-43(2)3)41-34-38-21-23(22-10-9-13-35-20-22)33(42-34)40-25-12-11-24-31(37-15-14-36-24)32(25)48(6,7)46/h8-15,18-21H,1,16-17H2,2-7H3,(H,39,45)(H2,38,40,41,42). The molecule has 2 aromatic carbocycles. The number of anilines is 6. The molecule has 13 nitrogen and oxygen atoms in total. The van der Waals surface area contributed by atoms with E-state index in [2.05, 4.69) is 47.4 Å². The van der Waals surface area contributed by atoms with Crippen molar-refractivity contribution in [2.24, 2.45) is 0 Å². The monoisotopic (exact) mass is 666 g/mol. The molecule has 0 saturated carbocycles. The van der Waals surface area contributed by atoms with Crippen molar-refractivity contribution >= 4 is 63.9 Å². The molecule has 0 saturated heterocycles. The Hall–Kier alpha value is -5.39. The summed E-state index contributed by atoms with van der Waals surface area (Å²) in [5.41, 5.74) is 5.07. The summed E-state index contributed by atoms with van der Waals surface area (Å²) in [4.78, 5) is 39.3. The molecule has 5 aromatic rings. The van der Waals surface area contributed by atoms with Crippen LogP contribution < -0.4 is 30.9 Å². The molecule has 0 atom stereocenters. The quantitative estimate of drug-likeness (QED) is 0.110. The second-order valence-corrected chi connectivity index (χ2v) is 14.8. The lowest BCUT2D eigenvalue weighted by Crippen LogP contribution is -2.29. The molecule has 0 bridgehead atoms. The van der Waals surface area contributed by atoms with Gasteiger partial charge in [0.15, 0.2) is 0 Å². The maximum atomic E-state index is 13.6. The lowest BCUT2D eigenvalue weighted by Gasteiger charge is -2.26. The van der Waals surface area contributed by atoms with Gasteiger partial charge in [0.1, 0.15) is 24.2 Å². The van der Waals surface area contributed by atoms with Gasteiger partial charge in [0.05, 0.1) is 40.7 Å². The molecule has 0 spiro atoms. The first kappa shape index (κ1) is 34.0. The SMILES string of the molecule is C=CC(=O)Nc1cc(Nc2ncc(-c3cccnc3)c(Nc3ccc4nccnc4c3P(C)(C)=O)n2)c(OC)cc1N(C)CCN(C)C. The first-order valence-corrected chi connectivity index (χ1v) is 17.7. The van der Waals surface area contributed by atoms with Crippen LogP contribution in [0.4, 0.5) is 34.5 Å². The number of ether oxygens (including phenoxy) is 1. The molecule has 0 fully saturated rings. The van der Waals surface area contributed by atoms with Gasteiger partial charge in [-0.05, 0) is 57.8 Å². The number of rotatable bonds is 13. The first-order valence-electron chi connectivity index (χ1n) is 15.1. The van der Waals surface area contributed by atoms with Gasteiger partial charge in [0.25, 0.3) is 0 Å². The Morgan fingerprint density at radius 2 is 1.75 bits per heavy atom. The Labute approximate surface area is 279 Å². The minimum Gasteiger partial charge on any atom is -0.494 e. The summed E-state index contributed by atoms with van der Waals surface area (Å²) >= 11 is 0. The number of pyridine rings is 1. The number of fused-ring (bicyclic) bond motifs is 1. The predicted octanol–water partition coefficient (Wildman–Crippen LogP) is 5.35. The topological polar surface area (TPSA) is 150 Å². The number of carbonyl (C=O) groups excluding carboxylic acids is 1. The molecule has 0 unspecified atom stereocenters. The highest BCUT2D eigenvalue weighted by Gasteiger charge is 2.23. The summed E-state index contributed by atoms with van der Waals surface area (Å²) in [6.07, 6.45) is 9.50. The summed E-state index contributed by atoms with van der Waals surface area (Å²) < 4.78 is 19.4. The minimum absolute atomic E-state index is 0.247. The van der Waals surface area contributed by atoms with Gasteiger partial charge in [0, 0.05) is 68.3 Å². The number of hydrogen-bond donors (Lipinski definition) is 3. The smallest absolute Gasteiger partial charge is 0.247 e. The van der Waals surface area contributed by atoms with E-state index >= 15 is 0 Å². The number of nitrogens with zero attached hydrogens (tertiary/aromatic N) is 7. The van der Waals surface area contributed by atoms with Gasteiger partial charge in [-0.15, -0.1) is 0 Å². The fourth-order valence-corrected chi connectivity index (χ4v) is 6.49. The summed E-state index contributed by atoms with van der Waals surface area (Å²) in [7, 11) is 4.68. The zero-order valence-corrected chi connectivity index (χ0v) is 28.7. The minimum atomic E-state index is -2.85. The number of hydrogen-bond acceptors (Lipinski definition) is 12. The number of likely N-dealkylation sites (N-methyl/N-ethyl adjacent to an activating group) is 2. The van der Waals surface area contributed by atoms with Crippen LogP contribution in [0.3, 0.4) is 0 Å². The zero-order chi connectivity index (χ0) is 34.4. The number of aromatic nitrogens is 5. The number of amides is 1. The van der Waals surface area contributed by atoms with Crippen molar-refractivity contribution in [3.8, 4) is 16.9 Å². The molecule has 0 aliphatic heterocycles. The zero-order valence-electron chi connectivity index (χ0n) is 27.9. The summed E-state index contributed by atoms with van der Waals surface area (Å²) in [5.74, 6) is 0.854. The van der Waals surface area contributed by atoms with Gasteiger partial charge in [-0.3, -0.25) is 19.7 Å². The van der Waals surface area contributed by atoms with E-state index in [1.54, 1.807) is 57.5 Å². The number of benzene rings is 2. The molecule has 0 aliphatic rings. The lowest BCUT2D eigenvalue weighted by molar-refractivity contribution is -0.111. The van der Waals surface area contributed by atoms with Crippen LogP contribution in [-0.2, 0) is 9.36 Å². The van der Waals surface area contributed by atoms with E-state index in [0.717, 1.165) is 17.8 Å². The van der Waals surface area contributed by atoms with Crippen LogP contribution in [-0.4, -0.2) is 90.4 Å². The Kier molecular flexibility index (Phi) is 10.3. The van der Waals surface area contributed by atoms with Crippen LogP contribution in [0.15, 0.2) is 80.0 Å². The molecule has 5 rings (SSSR count). The molecule has 0 aliphatic carbocycles. The molecule has 3 heterocycles. The fraction of sp³-hybridized carbons (Fsp3) is 0.235. The van der Waals surface area contributed by atoms with Crippen molar-refractivity contribution < 1.29 is 14.1 Å². The van der Waals surface area contributed by atoms with E-state index in [9.17, 15) is 9.36 Å². The number of carbonyl (C=O) groups is 1. The Morgan fingerprint density at radius 1 is 0.958 bits per heavy atom. The summed E-state index contributed by atoms with van der Waals surface area (Å²) in [6, 6.07) is 11.0. The summed E-state index contributed by atoms with van der Waals surface area (Å²) in [5, 5.41) is 10.2. The molecular weight excluding hydrogens is 627 g/mol. The molecule has 248 valence electrons. The second kappa shape index (κ2) is 14.6. The average Bonchev–Trinajstić information content (AvgIpc) is 3.07. The molecule has 3 aromatic heterocycles. The maximum absolute atomic E-state index is 13.6. The third-order valence-electron chi connectivity index (χ3n) is 7.47. The number of methoxy groups -OCH3 is 1. The highest BCUT2D eigenvalue weighted by atomic mass is 31.2. The maximum Gasteiger partial charge on any atom is 0.247 e. The normalized spacial score (nSPS) is 11.3. The van der Waals surface area contributed by atoms with E-state index in [1.165, 1.54) is 6.08 Å². The third kappa shape index (κ3) is 7.76. The van der Waals surface area contributed by atoms with Gasteiger partial charge in [-0.25, -0.2) is 4.98 Å². The average molecular weight is 667 g/mol. The molecule has 14 heteroatoms. The Morgan fingerprint density at radius 3 is 2.44 bits per heavy atom. The Balaban J connectivity index is 1.60. The number of nitrogens with one attached hydrogen (secondary N) is 3. The Bertz CT molecular complexity index is 2000. The van der Waals surface area contributed by atoms with Crippen LogP contribution in [0, 0.1) is 0 Å².